The first-order valence-electron chi connectivity index (χ1n) is 8.76. The summed E-state index contributed by atoms with van der Waals surface area (Å²) in [5.41, 5.74) is 1.54. The maximum absolute atomic E-state index is 6.34. The molecule has 0 heterocycles. The molecule has 134 valence electrons. The van der Waals surface area contributed by atoms with Crippen LogP contribution >= 0.6 is 24.0 Å². The van der Waals surface area contributed by atoms with Gasteiger partial charge in [-0.2, -0.15) is 0 Å². The third-order valence-corrected chi connectivity index (χ3v) is 6.48. The lowest BCUT2D eigenvalue weighted by atomic mass is 9.53. The highest BCUT2D eigenvalue weighted by Crippen LogP contribution is 2.55. The lowest BCUT2D eigenvalue weighted by Gasteiger charge is -2.57. The summed E-state index contributed by atoms with van der Waals surface area (Å²) in [5, 5.41) is 4.52. The minimum atomic E-state index is 0. The molecule has 0 unspecified atom stereocenters. The molecule has 1 aromatic carbocycles. The van der Waals surface area contributed by atoms with Crippen LogP contribution in [0.2, 0.25) is 5.02 Å². The highest BCUT2D eigenvalue weighted by atomic mass is 35.5. The van der Waals surface area contributed by atoms with Crippen LogP contribution in [0.5, 0.6) is 11.5 Å². The van der Waals surface area contributed by atoms with Crippen LogP contribution < -0.4 is 14.8 Å². The largest absolute Gasteiger partial charge is 0.493 e. The molecule has 0 aliphatic heterocycles. The highest BCUT2D eigenvalue weighted by molar-refractivity contribution is 6.32. The molecular formula is C19H27Cl2NO2. The number of halogens is 2. The number of methoxy groups -OCH3 is 2. The molecule has 4 fully saturated rings. The van der Waals surface area contributed by atoms with Crippen LogP contribution in [-0.4, -0.2) is 19.8 Å². The average Bonchev–Trinajstić information content (AvgIpc) is 2.51. The zero-order valence-corrected chi connectivity index (χ0v) is 16.0. The fourth-order valence-electron chi connectivity index (χ4n) is 5.69. The lowest BCUT2D eigenvalue weighted by Crippen LogP contribution is -2.58. The van der Waals surface area contributed by atoms with Gasteiger partial charge in [-0.15, -0.1) is 12.4 Å². The molecule has 1 aromatic rings. The van der Waals surface area contributed by atoms with Gasteiger partial charge in [0.25, 0.3) is 0 Å². The fraction of sp³-hybridized carbons (Fsp3) is 0.684. The van der Waals surface area contributed by atoms with E-state index in [4.69, 9.17) is 21.1 Å². The van der Waals surface area contributed by atoms with Crippen molar-refractivity contribution in [2.45, 2.75) is 50.6 Å². The van der Waals surface area contributed by atoms with E-state index in [-0.39, 0.29) is 12.4 Å². The molecule has 4 bridgehead atoms. The van der Waals surface area contributed by atoms with Crippen molar-refractivity contribution in [2.24, 2.45) is 17.8 Å². The predicted octanol–water partition coefficient (Wildman–Crippen LogP) is 4.84. The van der Waals surface area contributed by atoms with E-state index in [0.717, 1.165) is 24.3 Å². The molecule has 3 nitrogen and oxygen atoms in total. The Labute approximate surface area is 155 Å². The van der Waals surface area contributed by atoms with Gasteiger partial charge in [-0.25, -0.2) is 0 Å². The first-order valence-corrected chi connectivity index (χ1v) is 9.14. The van der Waals surface area contributed by atoms with E-state index in [1.54, 1.807) is 14.2 Å². The molecule has 4 aliphatic carbocycles. The quantitative estimate of drug-likeness (QED) is 0.803. The Morgan fingerprint density at radius 1 is 1.04 bits per heavy atom. The van der Waals surface area contributed by atoms with Gasteiger partial charge in [0.15, 0.2) is 11.5 Å². The molecule has 5 rings (SSSR count). The second-order valence-corrected chi connectivity index (χ2v) is 8.27. The maximum atomic E-state index is 6.34. The van der Waals surface area contributed by atoms with Gasteiger partial charge in [0.1, 0.15) is 0 Å². The second kappa shape index (κ2) is 6.93. The summed E-state index contributed by atoms with van der Waals surface area (Å²) in [6, 6.07) is 4.04. The van der Waals surface area contributed by atoms with Crippen LogP contribution in [0.3, 0.4) is 0 Å². The Balaban J connectivity index is 0.00000169. The molecular weight excluding hydrogens is 345 g/mol. The Hall–Kier alpha value is -0.640. The van der Waals surface area contributed by atoms with Gasteiger partial charge >= 0.3 is 0 Å². The molecule has 0 spiro atoms. The molecule has 0 radical (unpaired) electrons. The Morgan fingerprint density at radius 3 is 2.12 bits per heavy atom. The van der Waals surface area contributed by atoms with Crippen LogP contribution in [0.15, 0.2) is 12.1 Å². The van der Waals surface area contributed by atoms with Crippen molar-refractivity contribution in [1.29, 1.82) is 0 Å². The third-order valence-electron chi connectivity index (χ3n) is 6.20. The summed E-state index contributed by atoms with van der Waals surface area (Å²) in [6.07, 6.45) is 8.51. The van der Waals surface area contributed by atoms with Crippen LogP contribution in [0.1, 0.15) is 44.1 Å². The molecule has 0 atom stereocenters. The van der Waals surface area contributed by atoms with Crippen molar-refractivity contribution in [3.8, 4) is 11.5 Å². The van der Waals surface area contributed by atoms with Crippen LogP contribution in [-0.2, 0) is 6.54 Å². The van der Waals surface area contributed by atoms with Gasteiger partial charge in [0, 0.05) is 12.1 Å². The number of ether oxygens (including phenoxy) is 2. The first-order chi connectivity index (χ1) is 11.1. The van der Waals surface area contributed by atoms with Crippen LogP contribution in [0, 0.1) is 17.8 Å². The standard InChI is InChI=1S/C19H26ClNO2.ClH/c1-22-17-7-15(6-16(20)18(17)23-2)11-21-19-8-12-3-13(9-19)5-14(4-12)10-19;/h6-7,12-14,21H,3-5,8-11H2,1-2H3;1H. The van der Waals surface area contributed by atoms with E-state index >= 15 is 0 Å². The molecule has 0 saturated heterocycles. The van der Waals surface area contributed by atoms with Gasteiger partial charge < -0.3 is 14.8 Å². The van der Waals surface area contributed by atoms with Gasteiger partial charge in [-0.3, -0.25) is 0 Å². The number of benzene rings is 1. The van der Waals surface area contributed by atoms with Crippen molar-refractivity contribution in [1.82, 2.24) is 5.32 Å². The summed E-state index contributed by atoms with van der Waals surface area (Å²) in [6.45, 7) is 0.853. The van der Waals surface area contributed by atoms with Gasteiger partial charge in [0.05, 0.1) is 19.2 Å². The monoisotopic (exact) mass is 371 g/mol. The number of hydrogen-bond acceptors (Lipinski definition) is 3. The van der Waals surface area contributed by atoms with E-state index in [0.29, 0.717) is 22.1 Å². The van der Waals surface area contributed by atoms with Crippen LogP contribution in [0.25, 0.3) is 0 Å². The van der Waals surface area contributed by atoms with Gasteiger partial charge in [-0.05, 0) is 74.0 Å². The van der Waals surface area contributed by atoms with Crippen molar-refractivity contribution < 1.29 is 9.47 Å². The van der Waals surface area contributed by atoms with Crippen molar-refractivity contribution in [3.05, 3.63) is 22.7 Å². The normalized spacial score (nSPS) is 33.2. The molecule has 0 amide bonds. The lowest BCUT2D eigenvalue weighted by molar-refractivity contribution is -0.0206. The van der Waals surface area contributed by atoms with E-state index in [1.165, 1.54) is 44.1 Å². The minimum absolute atomic E-state index is 0. The van der Waals surface area contributed by atoms with Crippen LogP contribution in [0.4, 0.5) is 0 Å². The summed E-state index contributed by atoms with van der Waals surface area (Å²) in [4.78, 5) is 0. The zero-order valence-electron chi connectivity index (χ0n) is 14.4. The summed E-state index contributed by atoms with van der Waals surface area (Å²) in [7, 11) is 3.28. The summed E-state index contributed by atoms with van der Waals surface area (Å²) >= 11 is 6.34. The van der Waals surface area contributed by atoms with Crippen molar-refractivity contribution in [3.63, 3.8) is 0 Å². The SMILES string of the molecule is COc1cc(CNC23CC4CC(CC(C4)C2)C3)cc(Cl)c1OC.Cl. The number of nitrogens with one attached hydrogen (secondary N) is 1. The fourth-order valence-corrected chi connectivity index (χ4v) is 6.00. The van der Waals surface area contributed by atoms with E-state index in [9.17, 15) is 0 Å². The highest BCUT2D eigenvalue weighted by Gasteiger charge is 2.50. The van der Waals surface area contributed by atoms with Crippen molar-refractivity contribution in [2.75, 3.05) is 14.2 Å². The molecule has 0 aromatic heterocycles. The Bertz CT molecular complexity index is 570. The van der Waals surface area contributed by atoms with E-state index in [1.807, 2.05) is 12.1 Å². The molecule has 5 heteroatoms. The van der Waals surface area contributed by atoms with E-state index < -0.39 is 0 Å². The average molecular weight is 372 g/mol. The minimum Gasteiger partial charge on any atom is -0.493 e. The van der Waals surface area contributed by atoms with Crippen molar-refractivity contribution >= 4 is 24.0 Å². The third kappa shape index (κ3) is 3.23. The number of rotatable bonds is 5. The zero-order chi connectivity index (χ0) is 16.0. The molecule has 24 heavy (non-hydrogen) atoms. The van der Waals surface area contributed by atoms with E-state index in [2.05, 4.69) is 5.32 Å². The molecule has 4 aliphatic rings. The number of hydrogen-bond donors (Lipinski definition) is 1. The topological polar surface area (TPSA) is 30.5 Å². The molecule has 4 saturated carbocycles. The second-order valence-electron chi connectivity index (χ2n) is 7.86. The Morgan fingerprint density at radius 2 is 1.62 bits per heavy atom. The van der Waals surface area contributed by atoms with Gasteiger partial charge in [0.2, 0.25) is 0 Å². The summed E-state index contributed by atoms with van der Waals surface area (Å²) in [5.74, 6) is 4.21. The Kier molecular flexibility index (Phi) is 5.25. The first kappa shape index (κ1) is 18.2. The predicted molar refractivity (Wildman–Crippen MR) is 99.5 cm³/mol. The summed E-state index contributed by atoms with van der Waals surface area (Å²) < 4.78 is 10.7. The van der Waals surface area contributed by atoms with Gasteiger partial charge in [-0.1, -0.05) is 11.6 Å². The smallest absolute Gasteiger partial charge is 0.179 e. The maximum Gasteiger partial charge on any atom is 0.179 e. The molecule has 1 N–H and O–H groups in total.